The fourth-order valence-electron chi connectivity index (χ4n) is 4.53. The monoisotopic (exact) mass is 483 g/mol. The van der Waals surface area contributed by atoms with Crippen LogP contribution in [0.2, 0.25) is 0 Å². The zero-order valence-electron chi connectivity index (χ0n) is 19.1. The first-order valence-electron chi connectivity index (χ1n) is 11.7. The first kappa shape index (κ1) is 22.8. The van der Waals surface area contributed by atoms with Crippen LogP contribution in [0.4, 0.5) is 5.82 Å². The molecule has 3 aromatic rings. The van der Waals surface area contributed by atoms with Crippen LogP contribution in [-0.2, 0) is 25.1 Å². The van der Waals surface area contributed by atoms with Gasteiger partial charge in [0.05, 0.1) is 24.7 Å². The summed E-state index contributed by atoms with van der Waals surface area (Å²) in [4.78, 5) is 28.9. The summed E-state index contributed by atoms with van der Waals surface area (Å²) in [6.07, 6.45) is 4.81. The molecule has 1 N–H and O–H groups in total. The summed E-state index contributed by atoms with van der Waals surface area (Å²) in [6, 6.07) is 9.58. The van der Waals surface area contributed by atoms with Crippen LogP contribution in [0.1, 0.15) is 25.0 Å². The molecule has 1 amide bonds. The third-order valence-electron chi connectivity index (χ3n) is 6.33. The summed E-state index contributed by atoms with van der Waals surface area (Å²) < 4.78 is 31.4. The Morgan fingerprint density at radius 1 is 1.00 bits per heavy atom. The number of nitrogens with zero attached hydrogens (tertiary/aromatic N) is 4. The number of benzene rings is 1. The van der Waals surface area contributed by atoms with Crippen molar-refractivity contribution in [1.29, 1.82) is 0 Å². The second-order valence-electron chi connectivity index (χ2n) is 8.89. The number of morpholine rings is 1. The number of aromatic amines is 1. The van der Waals surface area contributed by atoms with Crippen LogP contribution in [0.5, 0.6) is 0 Å². The van der Waals surface area contributed by atoms with Gasteiger partial charge in [-0.25, -0.2) is 18.4 Å². The van der Waals surface area contributed by atoms with Crippen LogP contribution in [0.25, 0.3) is 22.3 Å². The molecule has 2 aliphatic rings. The molecule has 2 aliphatic heterocycles. The quantitative estimate of drug-likeness (QED) is 0.573. The number of amides is 1. The second-order valence-corrected chi connectivity index (χ2v) is 11.0. The van der Waals surface area contributed by atoms with Gasteiger partial charge in [0.1, 0.15) is 11.6 Å². The molecule has 9 nitrogen and oxygen atoms in total. The van der Waals surface area contributed by atoms with Crippen molar-refractivity contribution in [3.05, 3.63) is 42.2 Å². The van der Waals surface area contributed by atoms with Gasteiger partial charge < -0.3 is 19.5 Å². The largest absolute Gasteiger partial charge is 0.378 e. The van der Waals surface area contributed by atoms with Gasteiger partial charge >= 0.3 is 0 Å². The van der Waals surface area contributed by atoms with Gasteiger partial charge in [-0.15, -0.1) is 0 Å². The molecule has 2 aromatic heterocycles. The molecule has 0 aliphatic carbocycles. The first-order chi connectivity index (χ1) is 16.5. The number of H-pyrrole nitrogens is 1. The van der Waals surface area contributed by atoms with E-state index in [4.69, 9.17) is 9.72 Å². The number of sulfone groups is 1. The molecule has 0 atom stereocenters. The number of piperidine rings is 1. The molecule has 0 bridgehead atoms. The van der Waals surface area contributed by atoms with Gasteiger partial charge in [-0.3, -0.25) is 4.79 Å². The number of hydrogen-bond acceptors (Lipinski definition) is 7. The summed E-state index contributed by atoms with van der Waals surface area (Å²) in [6.45, 7) is 3.79. The van der Waals surface area contributed by atoms with Crippen molar-refractivity contribution in [3.63, 3.8) is 0 Å². The van der Waals surface area contributed by atoms with Gasteiger partial charge in [0.15, 0.2) is 15.7 Å². The molecule has 10 heteroatoms. The number of hydrogen-bond donors (Lipinski definition) is 1. The Kier molecular flexibility index (Phi) is 6.51. The van der Waals surface area contributed by atoms with E-state index in [0.717, 1.165) is 35.7 Å². The Balaban J connectivity index is 1.44. The van der Waals surface area contributed by atoms with Crippen LogP contribution in [0, 0.1) is 0 Å². The van der Waals surface area contributed by atoms with Crippen LogP contribution in [-0.4, -0.2) is 79.3 Å². The third-order valence-corrected chi connectivity index (χ3v) is 7.75. The van der Waals surface area contributed by atoms with E-state index in [1.54, 1.807) is 11.0 Å². The van der Waals surface area contributed by atoms with Crippen molar-refractivity contribution < 1.29 is 17.9 Å². The predicted molar refractivity (Wildman–Crippen MR) is 130 cm³/mol. The minimum absolute atomic E-state index is 0.300. The molecule has 0 spiro atoms. The number of rotatable bonds is 6. The topological polar surface area (TPSA) is 108 Å². The lowest BCUT2D eigenvalue weighted by Crippen LogP contribution is -2.39. The Morgan fingerprint density at radius 2 is 1.79 bits per heavy atom. The number of carbonyl (C=O) groups is 1. The number of fused-ring (bicyclic) bond motifs is 1. The third kappa shape index (κ3) is 5.23. The van der Waals surface area contributed by atoms with E-state index in [1.807, 2.05) is 30.5 Å². The number of anilines is 1. The van der Waals surface area contributed by atoms with E-state index >= 15 is 0 Å². The lowest BCUT2D eigenvalue weighted by atomic mass is 10.1. The zero-order chi connectivity index (χ0) is 23.5. The van der Waals surface area contributed by atoms with Crippen molar-refractivity contribution in [2.75, 3.05) is 50.0 Å². The molecule has 4 heterocycles. The summed E-state index contributed by atoms with van der Waals surface area (Å²) in [7, 11) is -3.69. The van der Waals surface area contributed by atoms with Gasteiger partial charge in [-0.1, -0.05) is 0 Å². The van der Waals surface area contributed by atoms with Crippen LogP contribution < -0.4 is 4.90 Å². The minimum atomic E-state index is -3.69. The molecular formula is C24H29N5O4S. The highest BCUT2D eigenvalue weighted by Gasteiger charge is 2.25. The minimum Gasteiger partial charge on any atom is -0.378 e. The van der Waals surface area contributed by atoms with Crippen molar-refractivity contribution in [2.45, 2.75) is 25.0 Å². The average molecular weight is 484 g/mol. The molecule has 0 saturated carbocycles. The summed E-state index contributed by atoms with van der Waals surface area (Å²) in [5.74, 6) is 0.0374. The number of carbonyl (C=O) groups excluding carboxylic acids is 1. The van der Waals surface area contributed by atoms with Crippen LogP contribution in [0.15, 0.2) is 36.5 Å². The fourth-order valence-corrected chi connectivity index (χ4v) is 5.79. The molecule has 0 unspecified atom stereocenters. The number of ether oxygens (including phenoxy) is 1. The van der Waals surface area contributed by atoms with Gasteiger partial charge in [-0.2, -0.15) is 0 Å². The van der Waals surface area contributed by atoms with Crippen molar-refractivity contribution in [2.24, 2.45) is 0 Å². The Hall–Kier alpha value is -2.98. The van der Waals surface area contributed by atoms with Gasteiger partial charge in [-0.05, 0) is 43.5 Å². The molecule has 0 radical (unpaired) electrons. The van der Waals surface area contributed by atoms with Gasteiger partial charge in [0, 0.05) is 54.9 Å². The number of nitrogens with one attached hydrogen (secondary N) is 1. The lowest BCUT2D eigenvalue weighted by Gasteiger charge is -2.28. The molecule has 34 heavy (non-hydrogen) atoms. The predicted octanol–water partition coefficient (Wildman–Crippen LogP) is 2.39. The Morgan fingerprint density at radius 3 is 2.59 bits per heavy atom. The molecule has 5 rings (SSSR count). The molecule has 2 saturated heterocycles. The number of aromatic nitrogens is 3. The van der Waals surface area contributed by atoms with Crippen molar-refractivity contribution in [3.8, 4) is 11.4 Å². The highest BCUT2D eigenvalue weighted by Crippen LogP contribution is 2.25. The van der Waals surface area contributed by atoms with Crippen molar-refractivity contribution >= 4 is 32.5 Å². The summed E-state index contributed by atoms with van der Waals surface area (Å²) in [5, 5.41) is 1.03. The van der Waals surface area contributed by atoms with Crippen molar-refractivity contribution in [1.82, 2.24) is 19.9 Å². The maximum atomic E-state index is 13.0. The SMILES string of the molecule is O=C(CS(=O)(=O)Cc1cc(N2CCOCC2)nc(-c2ccc3[nH]ccc3c2)n1)N1CCCCC1. The van der Waals surface area contributed by atoms with Crippen LogP contribution in [0.3, 0.4) is 0 Å². The fraction of sp³-hybridized carbons (Fsp3) is 0.458. The highest BCUT2D eigenvalue weighted by atomic mass is 32.2. The summed E-state index contributed by atoms with van der Waals surface area (Å²) in [5.41, 5.74) is 2.21. The van der Waals surface area contributed by atoms with E-state index < -0.39 is 15.6 Å². The zero-order valence-corrected chi connectivity index (χ0v) is 19.9. The van der Waals surface area contributed by atoms with Crippen LogP contribution >= 0.6 is 0 Å². The Labute approximate surface area is 199 Å². The normalized spacial score (nSPS) is 17.3. The Bertz CT molecular complexity index is 1280. The van der Waals surface area contributed by atoms with E-state index in [-0.39, 0.29) is 11.7 Å². The molecule has 2 fully saturated rings. The highest BCUT2D eigenvalue weighted by molar-refractivity contribution is 7.91. The average Bonchev–Trinajstić information content (AvgIpc) is 3.32. The molecule has 180 valence electrons. The van der Waals surface area contributed by atoms with Gasteiger partial charge in [0.25, 0.3) is 0 Å². The van der Waals surface area contributed by atoms with E-state index in [0.29, 0.717) is 56.7 Å². The first-order valence-corrected chi connectivity index (χ1v) is 13.6. The lowest BCUT2D eigenvalue weighted by molar-refractivity contribution is -0.129. The molecule has 1 aromatic carbocycles. The number of likely N-dealkylation sites (tertiary alicyclic amines) is 1. The van der Waals surface area contributed by atoms with E-state index in [1.165, 1.54) is 0 Å². The van der Waals surface area contributed by atoms with E-state index in [2.05, 4.69) is 14.9 Å². The smallest absolute Gasteiger partial charge is 0.237 e. The molecular weight excluding hydrogens is 454 g/mol. The summed E-state index contributed by atoms with van der Waals surface area (Å²) >= 11 is 0. The van der Waals surface area contributed by atoms with Gasteiger partial charge in [0.2, 0.25) is 5.91 Å². The maximum absolute atomic E-state index is 13.0. The standard InChI is InChI=1S/C24H29N5O4S/c30-23(29-8-2-1-3-9-29)17-34(31,32)16-20-15-22(28-10-12-33-13-11-28)27-24(26-20)19-4-5-21-18(14-19)6-7-25-21/h4-7,14-15,25H,1-3,8-13,16-17H2. The second kappa shape index (κ2) is 9.71. The van der Waals surface area contributed by atoms with E-state index in [9.17, 15) is 13.2 Å². The maximum Gasteiger partial charge on any atom is 0.237 e.